The van der Waals surface area contributed by atoms with Crippen molar-refractivity contribution in [2.75, 3.05) is 19.6 Å². The fourth-order valence-electron chi connectivity index (χ4n) is 2.01. The maximum Gasteiger partial charge on any atom is 0.236 e. The zero-order valence-corrected chi connectivity index (χ0v) is 11.1. The summed E-state index contributed by atoms with van der Waals surface area (Å²) in [5, 5.41) is 11.4. The minimum absolute atomic E-state index is 0.0160. The van der Waals surface area contributed by atoms with Crippen molar-refractivity contribution in [2.24, 2.45) is 11.8 Å². The number of piperidine rings is 1. The molecule has 1 rings (SSSR count). The highest BCUT2D eigenvalue weighted by molar-refractivity contribution is 5.78. The van der Waals surface area contributed by atoms with E-state index in [0.29, 0.717) is 25.6 Å². The number of rotatable bonds is 4. The van der Waals surface area contributed by atoms with Crippen LogP contribution in [0.5, 0.6) is 0 Å². The molecule has 1 fully saturated rings. The number of hydrogen-bond acceptors (Lipinski definition) is 3. The van der Waals surface area contributed by atoms with Crippen LogP contribution in [0.2, 0.25) is 0 Å². The van der Waals surface area contributed by atoms with Crippen molar-refractivity contribution >= 4 is 11.8 Å². The lowest BCUT2D eigenvalue weighted by Crippen LogP contribution is -2.41. The standard InChI is InChI=1S/C13H21N3O2/c1-10(2)13(18)15-9-11-4-7-16(8-5-11)12(17)3-6-14/h10-11H,3-5,7-9H2,1-2H3,(H,15,18). The molecule has 0 aromatic rings. The van der Waals surface area contributed by atoms with E-state index in [4.69, 9.17) is 5.26 Å². The molecule has 1 heterocycles. The summed E-state index contributed by atoms with van der Waals surface area (Å²) in [4.78, 5) is 24.7. The summed E-state index contributed by atoms with van der Waals surface area (Å²) in [6.45, 7) is 5.83. The van der Waals surface area contributed by atoms with Gasteiger partial charge in [-0.05, 0) is 18.8 Å². The van der Waals surface area contributed by atoms with Crippen LogP contribution >= 0.6 is 0 Å². The average molecular weight is 251 g/mol. The Balaban J connectivity index is 2.26. The molecule has 0 aromatic carbocycles. The highest BCUT2D eigenvalue weighted by Gasteiger charge is 2.22. The zero-order chi connectivity index (χ0) is 13.5. The molecule has 0 spiro atoms. The first-order chi connectivity index (χ1) is 8.54. The molecule has 5 nitrogen and oxygen atoms in total. The van der Waals surface area contributed by atoms with Gasteiger partial charge >= 0.3 is 0 Å². The molecule has 5 heteroatoms. The maximum absolute atomic E-state index is 11.5. The maximum atomic E-state index is 11.5. The lowest BCUT2D eigenvalue weighted by molar-refractivity contribution is -0.131. The van der Waals surface area contributed by atoms with Gasteiger partial charge in [0.1, 0.15) is 6.42 Å². The zero-order valence-electron chi connectivity index (χ0n) is 11.1. The van der Waals surface area contributed by atoms with Crippen LogP contribution in [0.4, 0.5) is 0 Å². The van der Waals surface area contributed by atoms with E-state index < -0.39 is 0 Å². The summed E-state index contributed by atoms with van der Waals surface area (Å²) >= 11 is 0. The van der Waals surface area contributed by atoms with Gasteiger partial charge in [0.05, 0.1) is 6.07 Å². The van der Waals surface area contributed by atoms with Crippen LogP contribution in [-0.4, -0.2) is 36.3 Å². The summed E-state index contributed by atoms with van der Waals surface area (Å²) in [7, 11) is 0. The largest absolute Gasteiger partial charge is 0.356 e. The fourth-order valence-corrected chi connectivity index (χ4v) is 2.01. The molecule has 100 valence electrons. The predicted octanol–water partition coefficient (Wildman–Crippen LogP) is 0.911. The van der Waals surface area contributed by atoms with Gasteiger partial charge in [0.2, 0.25) is 11.8 Å². The number of amides is 2. The topological polar surface area (TPSA) is 73.2 Å². The van der Waals surface area contributed by atoms with E-state index in [1.807, 2.05) is 19.9 Å². The third kappa shape index (κ3) is 4.36. The molecule has 1 saturated heterocycles. The molecule has 18 heavy (non-hydrogen) atoms. The normalized spacial score (nSPS) is 16.4. The second kappa shape index (κ2) is 7.00. The smallest absolute Gasteiger partial charge is 0.236 e. The van der Waals surface area contributed by atoms with Gasteiger partial charge in [0.15, 0.2) is 0 Å². The van der Waals surface area contributed by atoms with Crippen LogP contribution in [0.15, 0.2) is 0 Å². The Hall–Kier alpha value is -1.57. The van der Waals surface area contributed by atoms with Gasteiger partial charge in [0.25, 0.3) is 0 Å². The van der Waals surface area contributed by atoms with E-state index >= 15 is 0 Å². The van der Waals surface area contributed by atoms with E-state index in [9.17, 15) is 9.59 Å². The van der Waals surface area contributed by atoms with Crippen molar-refractivity contribution in [3.8, 4) is 6.07 Å². The average Bonchev–Trinajstić information content (AvgIpc) is 2.36. The molecule has 2 amide bonds. The Morgan fingerprint density at radius 3 is 2.50 bits per heavy atom. The molecule has 1 aliphatic rings. The van der Waals surface area contributed by atoms with Crippen LogP contribution in [0.1, 0.15) is 33.1 Å². The molecule has 0 aromatic heterocycles. The van der Waals surface area contributed by atoms with Crippen LogP contribution in [0.25, 0.3) is 0 Å². The van der Waals surface area contributed by atoms with Crippen molar-refractivity contribution in [3.05, 3.63) is 0 Å². The molecule has 0 bridgehead atoms. The predicted molar refractivity (Wildman–Crippen MR) is 67.4 cm³/mol. The number of nitriles is 1. The number of nitrogens with zero attached hydrogens (tertiary/aromatic N) is 2. The fraction of sp³-hybridized carbons (Fsp3) is 0.769. The van der Waals surface area contributed by atoms with Gasteiger partial charge in [-0.2, -0.15) is 5.26 Å². The van der Waals surface area contributed by atoms with Crippen LogP contribution in [0, 0.1) is 23.2 Å². The molecule has 0 aliphatic carbocycles. The van der Waals surface area contributed by atoms with Gasteiger partial charge in [-0.15, -0.1) is 0 Å². The summed E-state index contributed by atoms with van der Waals surface area (Å²) in [5.41, 5.74) is 0. The van der Waals surface area contributed by atoms with E-state index in [1.54, 1.807) is 4.90 Å². The molecule has 1 aliphatic heterocycles. The Labute approximate surface area is 108 Å². The first-order valence-corrected chi connectivity index (χ1v) is 6.47. The molecule has 0 saturated carbocycles. The molecular weight excluding hydrogens is 230 g/mol. The van der Waals surface area contributed by atoms with Crippen LogP contribution < -0.4 is 5.32 Å². The van der Waals surface area contributed by atoms with E-state index in [-0.39, 0.29) is 24.2 Å². The Morgan fingerprint density at radius 2 is 2.00 bits per heavy atom. The highest BCUT2D eigenvalue weighted by Crippen LogP contribution is 2.17. The highest BCUT2D eigenvalue weighted by atomic mass is 16.2. The van der Waals surface area contributed by atoms with Gasteiger partial charge in [0, 0.05) is 25.6 Å². The van der Waals surface area contributed by atoms with Gasteiger partial charge in [-0.3, -0.25) is 9.59 Å². The monoisotopic (exact) mass is 251 g/mol. The van der Waals surface area contributed by atoms with Gasteiger partial charge in [-0.25, -0.2) is 0 Å². The number of likely N-dealkylation sites (tertiary alicyclic amines) is 1. The summed E-state index contributed by atoms with van der Waals surface area (Å²) in [6.07, 6.45) is 1.76. The molecule has 0 atom stereocenters. The Bertz CT molecular complexity index is 339. The van der Waals surface area contributed by atoms with Crippen molar-refractivity contribution in [1.82, 2.24) is 10.2 Å². The number of carbonyl (C=O) groups excluding carboxylic acids is 2. The SMILES string of the molecule is CC(C)C(=O)NCC1CCN(C(=O)CC#N)CC1. The van der Waals surface area contributed by atoms with Crippen molar-refractivity contribution in [2.45, 2.75) is 33.1 Å². The molecule has 0 unspecified atom stereocenters. The first-order valence-electron chi connectivity index (χ1n) is 6.47. The first kappa shape index (κ1) is 14.5. The molecule has 1 N–H and O–H groups in total. The van der Waals surface area contributed by atoms with Crippen molar-refractivity contribution < 1.29 is 9.59 Å². The second-order valence-electron chi connectivity index (χ2n) is 5.06. The number of carbonyl (C=O) groups is 2. The number of nitrogens with one attached hydrogen (secondary N) is 1. The number of hydrogen-bond donors (Lipinski definition) is 1. The summed E-state index contributed by atoms with van der Waals surface area (Å²) in [5.74, 6) is 0.460. The van der Waals surface area contributed by atoms with E-state index in [2.05, 4.69) is 5.32 Å². The quantitative estimate of drug-likeness (QED) is 0.807. The lowest BCUT2D eigenvalue weighted by Gasteiger charge is -2.31. The van der Waals surface area contributed by atoms with Crippen LogP contribution in [0.3, 0.4) is 0 Å². The van der Waals surface area contributed by atoms with Crippen molar-refractivity contribution in [1.29, 1.82) is 5.26 Å². The third-order valence-electron chi connectivity index (χ3n) is 3.29. The van der Waals surface area contributed by atoms with E-state index in [0.717, 1.165) is 12.8 Å². The van der Waals surface area contributed by atoms with Crippen molar-refractivity contribution in [3.63, 3.8) is 0 Å². The lowest BCUT2D eigenvalue weighted by atomic mass is 9.96. The Morgan fingerprint density at radius 1 is 1.39 bits per heavy atom. The van der Waals surface area contributed by atoms with E-state index in [1.165, 1.54) is 0 Å². The summed E-state index contributed by atoms with van der Waals surface area (Å²) < 4.78 is 0. The molecular formula is C13H21N3O2. The minimum atomic E-state index is -0.0813. The van der Waals surface area contributed by atoms with Crippen LogP contribution in [-0.2, 0) is 9.59 Å². The van der Waals surface area contributed by atoms with Gasteiger partial charge in [-0.1, -0.05) is 13.8 Å². The van der Waals surface area contributed by atoms with Gasteiger partial charge < -0.3 is 10.2 Å². The summed E-state index contributed by atoms with van der Waals surface area (Å²) in [6, 6.07) is 1.88. The molecule has 0 radical (unpaired) electrons. The Kier molecular flexibility index (Phi) is 5.63. The second-order valence-corrected chi connectivity index (χ2v) is 5.06. The third-order valence-corrected chi connectivity index (χ3v) is 3.29. The minimum Gasteiger partial charge on any atom is -0.356 e.